The van der Waals surface area contributed by atoms with Crippen LogP contribution in [0.2, 0.25) is 0 Å². The third-order valence-corrected chi connectivity index (χ3v) is 4.19. The number of thioether (sulfide) groups is 1. The molecule has 0 aliphatic carbocycles. The van der Waals surface area contributed by atoms with E-state index in [9.17, 15) is 9.90 Å². The van der Waals surface area contributed by atoms with E-state index in [2.05, 4.69) is 5.32 Å². The molecule has 102 valence electrons. The zero-order valence-electron chi connectivity index (χ0n) is 11.3. The number of carbonyl (C=O) groups excluding carboxylic acids is 1. The molecule has 1 aromatic carbocycles. The molecule has 0 saturated carbocycles. The van der Waals surface area contributed by atoms with Gasteiger partial charge < -0.3 is 10.4 Å². The van der Waals surface area contributed by atoms with E-state index < -0.39 is 6.10 Å². The quantitative estimate of drug-likeness (QED) is 0.867. The van der Waals surface area contributed by atoms with E-state index >= 15 is 0 Å². The Morgan fingerprint density at radius 3 is 2.37 bits per heavy atom. The van der Waals surface area contributed by atoms with Gasteiger partial charge in [0, 0.05) is 10.9 Å². The molecule has 0 spiro atoms. The number of rotatable bonds is 5. The summed E-state index contributed by atoms with van der Waals surface area (Å²) in [6.45, 7) is 5.41. The van der Waals surface area contributed by atoms with Crippen molar-refractivity contribution in [3.05, 3.63) is 29.8 Å². The highest BCUT2D eigenvalue weighted by atomic mass is 32.2. The van der Waals surface area contributed by atoms with Gasteiger partial charge in [-0.25, -0.2) is 0 Å². The van der Waals surface area contributed by atoms with Gasteiger partial charge in [0.25, 0.3) is 0 Å². The maximum Gasteiger partial charge on any atom is 0.237 e. The number of anilines is 1. The molecule has 3 unspecified atom stereocenters. The maximum atomic E-state index is 11.9. The van der Waals surface area contributed by atoms with Gasteiger partial charge in [-0.3, -0.25) is 4.79 Å². The van der Waals surface area contributed by atoms with Gasteiger partial charge >= 0.3 is 0 Å². The first kappa shape index (κ1) is 15.5. The van der Waals surface area contributed by atoms with Crippen molar-refractivity contribution in [2.45, 2.75) is 37.4 Å². The van der Waals surface area contributed by atoms with Crippen LogP contribution < -0.4 is 5.32 Å². The molecule has 1 rings (SSSR count). The number of nitrogens with one attached hydrogen (secondary N) is 1. The summed E-state index contributed by atoms with van der Waals surface area (Å²) in [5.41, 5.74) is 1.23. The second-order valence-corrected chi connectivity index (χ2v) is 6.13. The minimum Gasteiger partial charge on any atom is -0.392 e. The van der Waals surface area contributed by atoms with Crippen LogP contribution in [0, 0.1) is 11.3 Å². The number of benzene rings is 1. The molecular weight excluding hydrogens is 260 g/mol. The molecule has 5 heteroatoms. The number of amides is 1. The number of aliphatic hydroxyl groups excluding tert-OH is 1. The van der Waals surface area contributed by atoms with E-state index in [-0.39, 0.29) is 16.4 Å². The largest absolute Gasteiger partial charge is 0.392 e. The smallest absolute Gasteiger partial charge is 0.237 e. The lowest BCUT2D eigenvalue weighted by Crippen LogP contribution is -2.27. The molecule has 0 aliphatic rings. The third-order valence-electron chi connectivity index (χ3n) is 2.75. The SMILES string of the molecule is CC(SC(C)C(C)O)C(=O)Nc1ccc(C#N)cc1. The lowest BCUT2D eigenvalue weighted by molar-refractivity contribution is -0.115. The fourth-order valence-corrected chi connectivity index (χ4v) is 2.42. The molecule has 0 bridgehead atoms. The van der Waals surface area contributed by atoms with Crippen molar-refractivity contribution >= 4 is 23.4 Å². The van der Waals surface area contributed by atoms with Crippen LogP contribution in [0.1, 0.15) is 26.3 Å². The molecule has 0 heterocycles. The molecule has 2 N–H and O–H groups in total. The number of nitrogens with zero attached hydrogens (tertiary/aromatic N) is 1. The fourth-order valence-electron chi connectivity index (χ4n) is 1.37. The Kier molecular flexibility index (Phi) is 5.87. The highest BCUT2D eigenvalue weighted by molar-refractivity contribution is 8.01. The Morgan fingerprint density at radius 2 is 1.89 bits per heavy atom. The van der Waals surface area contributed by atoms with Gasteiger partial charge in [0.05, 0.1) is 23.0 Å². The van der Waals surface area contributed by atoms with Crippen LogP contribution in [-0.2, 0) is 4.79 Å². The fraction of sp³-hybridized carbons (Fsp3) is 0.429. The van der Waals surface area contributed by atoms with Crippen molar-refractivity contribution in [1.82, 2.24) is 0 Å². The Hall–Kier alpha value is -1.51. The van der Waals surface area contributed by atoms with Crippen molar-refractivity contribution in [2.75, 3.05) is 5.32 Å². The number of hydrogen-bond donors (Lipinski definition) is 2. The minimum atomic E-state index is -0.449. The average molecular weight is 278 g/mol. The van der Waals surface area contributed by atoms with E-state index in [0.717, 1.165) is 0 Å². The van der Waals surface area contributed by atoms with Crippen molar-refractivity contribution < 1.29 is 9.90 Å². The second-order valence-electron chi connectivity index (χ2n) is 4.40. The van der Waals surface area contributed by atoms with Crippen molar-refractivity contribution in [2.24, 2.45) is 0 Å². The molecule has 0 aliphatic heterocycles. The van der Waals surface area contributed by atoms with Crippen LogP contribution in [0.3, 0.4) is 0 Å². The molecule has 1 amide bonds. The van der Waals surface area contributed by atoms with Crippen LogP contribution in [0.25, 0.3) is 0 Å². The van der Waals surface area contributed by atoms with Gasteiger partial charge in [-0.05, 0) is 38.1 Å². The average Bonchev–Trinajstić information content (AvgIpc) is 2.39. The van der Waals surface area contributed by atoms with E-state index in [1.54, 1.807) is 31.2 Å². The highest BCUT2D eigenvalue weighted by Crippen LogP contribution is 2.21. The van der Waals surface area contributed by atoms with Gasteiger partial charge in [0.2, 0.25) is 5.91 Å². The first-order valence-corrected chi connectivity index (χ1v) is 7.03. The van der Waals surface area contributed by atoms with Gasteiger partial charge in [0.15, 0.2) is 0 Å². The van der Waals surface area contributed by atoms with Crippen LogP contribution in [0.5, 0.6) is 0 Å². The van der Waals surface area contributed by atoms with E-state index in [1.807, 2.05) is 19.9 Å². The van der Waals surface area contributed by atoms with Gasteiger partial charge in [0.1, 0.15) is 0 Å². The van der Waals surface area contributed by atoms with Crippen LogP contribution in [-0.4, -0.2) is 27.6 Å². The summed E-state index contributed by atoms with van der Waals surface area (Å²) in [4.78, 5) is 11.9. The number of carbonyl (C=O) groups is 1. The lowest BCUT2D eigenvalue weighted by atomic mass is 10.2. The molecule has 0 fully saturated rings. The van der Waals surface area contributed by atoms with E-state index in [0.29, 0.717) is 11.3 Å². The number of aliphatic hydroxyl groups is 1. The van der Waals surface area contributed by atoms with Crippen LogP contribution in [0.15, 0.2) is 24.3 Å². The molecule has 0 aromatic heterocycles. The molecule has 0 saturated heterocycles. The molecule has 0 radical (unpaired) electrons. The molecular formula is C14H18N2O2S. The van der Waals surface area contributed by atoms with Crippen LogP contribution >= 0.6 is 11.8 Å². The zero-order valence-corrected chi connectivity index (χ0v) is 12.1. The Bertz CT molecular complexity index is 465. The summed E-state index contributed by atoms with van der Waals surface area (Å²) in [6.07, 6.45) is -0.449. The summed E-state index contributed by atoms with van der Waals surface area (Å²) in [6, 6.07) is 8.74. The Morgan fingerprint density at radius 1 is 1.32 bits per heavy atom. The number of nitriles is 1. The van der Waals surface area contributed by atoms with Crippen molar-refractivity contribution in [3.63, 3.8) is 0 Å². The first-order chi connectivity index (χ1) is 8.93. The van der Waals surface area contributed by atoms with E-state index in [1.165, 1.54) is 11.8 Å². The number of hydrogen-bond acceptors (Lipinski definition) is 4. The summed E-state index contributed by atoms with van der Waals surface area (Å²) < 4.78 is 0. The maximum absolute atomic E-state index is 11.9. The van der Waals surface area contributed by atoms with Gasteiger partial charge in [-0.1, -0.05) is 6.92 Å². The third kappa shape index (κ3) is 4.93. The monoisotopic (exact) mass is 278 g/mol. The Labute approximate surface area is 117 Å². The summed E-state index contributed by atoms with van der Waals surface area (Å²) in [7, 11) is 0. The minimum absolute atomic E-state index is 0.00159. The van der Waals surface area contributed by atoms with Crippen LogP contribution in [0.4, 0.5) is 5.69 Å². The van der Waals surface area contributed by atoms with E-state index in [4.69, 9.17) is 5.26 Å². The predicted octanol–water partition coefficient (Wildman–Crippen LogP) is 2.39. The topological polar surface area (TPSA) is 73.1 Å². The Balaban J connectivity index is 2.56. The molecule has 1 aromatic rings. The first-order valence-electron chi connectivity index (χ1n) is 6.08. The predicted molar refractivity (Wildman–Crippen MR) is 78.0 cm³/mol. The second kappa shape index (κ2) is 7.17. The van der Waals surface area contributed by atoms with Crippen molar-refractivity contribution in [3.8, 4) is 6.07 Å². The summed E-state index contributed by atoms with van der Waals surface area (Å²) >= 11 is 1.43. The summed E-state index contributed by atoms with van der Waals surface area (Å²) in [5, 5.41) is 20.6. The molecule has 19 heavy (non-hydrogen) atoms. The van der Waals surface area contributed by atoms with Gasteiger partial charge in [-0.15, -0.1) is 11.8 Å². The van der Waals surface area contributed by atoms with Gasteiger partial charge in [-0.2, -0.15) is 5.26 Å². The summed E-state index contributed by atoms with van der Waals surface area (Å²) in [5.74, 6) is -0.109. The molecule has 4 nitrogen and oxygen atoms in total. The highest BCUT2D eigenvalue weighted by Gasteiger charge is 2.19. The normalized spacial score (nSPS) is 15.1. The lowest BCUT2D eigenvalue weighted by Gasteiger charge is -2.19. The standard InChI is InChI=1S/C14H18N2O2S/c1-9(17)10(2)19-11(3)14(18)16-13-6-4-12(8-15)5-7-13/h4-7,9-11,17H,1-3H3,(H,16,18). The zero-order chi connectivity index (χ0) is 14.4. The van der Waals surface area contributed by atoms with Crippen molar-refractivity contribution in [1.29, 1.82) is 5.26 Å². The molecule has 3 atom stereocenters.